The molecule has 9 heavy (non-hydrogen) atoms. The summed E-state index contributed by atoms with van der Waals surface area (Å²) in [6, 6.07) is -0.255. The van der Waals surface area contributed by atoms with Crippen LogP contribution in [0.5, 0.6) is 0 Å². The van der Waals surface area contributed by atoms with Crippen molar-refractivity contribution in [3.63, 3.8) is 0 Å². The minimum atomic E-state index is -0.255. The highest BCUT2D eigenvalue weighted by molar-refractivity contribution is 7.99. The summed E-state index contributed by atoms with van der Waals surface area (Å²) in [6.07, 6.45) is 0. The van der Waals surface area contributed by atoms with E-state index in [9.17, 15) is 4.79 Å². The van der Waals surface area contributed by atoms with E-state index >= 15 is 0 Å². The highest BCUT2D eigenvalue weighted by atomic mass is 32.2. The fraction of sp³-hybridized carbons (Fsp3) is 0.833. The lowest BCUT2D eigenvalue weighted by Gasteiger charge is -2.03. The van der Waals surface area contributed by atoms with Gasteiger partial charge in [-0.15, -0.1) is 0 Å². The molecule has 0 saturated heterocycles. The molecule has 0 aliphatic rings. The molecule has 2 N–H and O–H groups in total. The van der Waals surface area contributed by atoms with Crippen molar-refractivity contribution in [2.45, 2.75) is 19.9 Å². The average Bonchev–Trinajstić information content (AvgIpc) is 1.82. The summed E-state index contributed by atoms with van der Waals surface area (Å²) < 4.78 is 0. The van der Waals surface area contributed by atoms with Gasteiger partial charge in [-0.05, 0) is 12.7 Å². The smallest absolute Gasteiger partial charge is 0.147 e. The van der Waals surface area contributed by atoms with Crippen molar-refractivity contribution in [1.82, 2.24) is 0 Å². The van der Waals surface area contributed by atoms with Gasteiger partial charge in [0.25, 0.3) is 0 Å². The molecule has 0 aromatic heterocycles. The molecule has 2 nitrogen and oxygen atoms in total. The molecule has 0 unspecified atom stereocenters. The first-order valence-corrected chi connectivity index (χ1v) is 4.17. The fourth-order valence-corrected chi connectivity index (χ4v) is 1.09. The summed E-state index contributed by atoms with van der Waals surface area (Å²) in [4.78, 5) is 10.5. The summed E-state index contributed by atoms with van der Waals surface area (Å²) in [6.45, 7) is 3.58. The van der Waals surface area contributed by atoms with Crippen LogP contribution in [-0.2, 0) is 4.79 Å². The molecule has 0 spiro atoms. The van der Waals surface area contributed by atoms with Gasteiger partial charge in [0.05, 0.1) is 6.04 Å². The van der Waals surface area contributed by atoms with E-state index in [4.69, 9.17) is 5.73 Å². The summed E-state index contributed by atoms with van der Waals surface area (Å²) in [5, 5.41) is 0. The van der Waals surface area contributed by atoms with Crippen LogP contribution in [0.25, 0.3) is 0 Å². The Morgan fingerprint density at radius 2 is 2.33 bits per heavy atom. The third kappa shape index (κ3) is 4.48. The highest BCUT2D eigenvalue weighted by Crippen LogP contribution is 1.99. The zero-order valence-corrected chi connectivity index (χ0v) is 6.70. The zero-order chi connectivity index (χ0) is 7.28. The van der Waals surface area contributed by atoms with Crippen molar-refractivity contribution in [2.75, 3.05) is 11.5 Å². The third-order valence-electron chi connectivity index (χ3n) is 1.02. The van der Waals surface area contributed by atoms with E-state index in [1.54, 1.807) is 11.8 Å². The largest absolute Gasteiger partial charge is 0.321 e. The van der Waals surface area contributed by atoms with Crippen LogP contribution in [0.15, 0.2) is 0 Å². The van der Waals surface area contributed by atoms with E-state index in [0.29, 0.717) is 0 Å². The van der Waals surface area contributed by atoms with E-state index in [0.717, 1.165) is 11.5 Å². The molecule has 0 heterocycles. The van der Waals surface area contributed by atoms with Gasteiger partial charge in [0.2, 0.25) is 0 Å². The van der Waals surface area contributed by atoms with Gasteiger partial charge in [-0.3, -0.25) is 4.79 Å². The Bertz CT molecular complexity index is 95.1. The van der Waals surface area contributed by atoms with Crippen LogP contribution in [0.4, 0.5) is 0 Å². The lowest BCUT2D eigenvalue weighted by atomic mass is 10.3. The summed E-state index contributed by atoms with van der Waals surface area (Å²) in [5.41, 5.74) is 5.43. The van der Waals surface area contributed by atoms with Gasteiger partial charge in [-0.2, -0.15) is 11.8 Å². The van der Waals surface area contributed by atoms with Crippen LogP contribution >= 0.6 is 11.8 Å². The molecule has 0 rings (SSSR count). The van der Waals surface area contributed by atoms with Crippen LogP contribution in [0, 0.1) is 0 Å². The first-order valence-electron chi connectivity index (χ1n) is 3.02. The van der Waals surface area contributed by atoms with Crippen molar-refractivity contribution >= 4 is 17.5 Å². The minimum Gasteiger partial charge on any atom is -0.321 e. The van der Waals surface area contributed by atoms with E-state index in [2.05, 4.69) is 6.92 Å². The van der Waals surface area contributed by atoms with Gasteiger partial charge >= 0.3 is 0 Å². The van der Waals surface area contributed by atoms with Gasteiger partial charge < -0.3 is 5.73 Å². The summed E-state index contributed by atoms with van der Waals surface area (Å²) in [5.74, 6) is 1.86. The maximum atomic E-state index is 10.5. The van der Waals surface area contributed by atoms with Crippen molar-refractivity contribution in [3.8, 4) is 0 Å². The van der Waals surface area contributed by atoms with Crippen LogP contribution in [0.3, 0.4) is 0 Å². The molecular formula is C6H13NOS. The molecule has 3 heteroatoms. The minimum absolute atomic E-state index is 0.0796. The van der Waals surface area contributed by atoms with Crippen LogP contribution in [0.2, 0.25) is 0 Å². The Kier molecular flexibility index (Phi) is 4.81. The molecule has 0 bridgehead atoms. The highest BCUT2D eigenvalue weighted by Gasteiger charge is 2.05. The second-order valence-corrected chi connectivity index (χ2v) is 3.20. The molecule has 0 aliphatic carbocycles. The molecule has 54 valence electrons. The van der Waals surface area contributed by atoms with Crippen LogP contribution < -0.4 is 5.73 Å². The van der Waals surface area contributed by atoms with Crippen molar-refractivity contribution in [2.24, 2.45) is 5.73 Å². The number of carbonyl (C=O) groups is 1. The quantitative estimate of drug-likeness (QED) is 0.635. The fourth-order valence-electron chi connectivity index (χ4n) is 0.362. The Hall–Kier alpha value is -0.0200. The second-order valence-electron chi connectivity index (χ2n) is 1.88. The lowest BCUT2D eigenvalue weighted by Crippen LogP contribution is -2.30. The van der Waals surface area contributed by atoms with Gasteiger partial charge in [-0.25, -0.2) is 0 Å². The number of rotatable bonds is 4. The topological polar surface area (TPSA) is 43.1 Å². The number of Topliss-reactive ketones (excluding diaryl/α,β-unsaturated/α-hetero) is 1. The third-order valence-corrected chi connectivity index (χ3v) is 2.03. The number of thioether (sulfide) groups is 1. The number of nitrogens with two attached hydrogens (primary N) is 1. The predicted octanol–water partition coefficient (Wildman–Crippen LogP) is 0.656. The molecule has 0 fully saturated rings. The van der Waals surface area contributed by atoms with E-state index < -0.39 is 0 Å². The van der Waals surface area contributed by atoms with Crippen molar-refractivity contribution < 1.29 is 4.79 Å². The van der Waals surface area contributed by atoms with Gasteiger partial charge in [-0.1, -0.05) is 6.92 Å². The molecule has 0 radical (unpaired) electrons. The SMILES string of the molecule is CCSC[C@@H](N)C(C)=O. The van der Waals surface area contributed by atoms with Crippen molar-refractivity contribution in [3.05, 3.63) is 0 Å². The normalized spacial score (nSPS) is 13.2. The van der Waals surface area contributed by atoms with Gasteiger partial charge in [0.15, 0.2) is 0 Å². The molecule has 1 atom stereocenters. The maximum absolute atomic E-state index is 10.5. The number of hydrogen-bond acceptors (Lipinski definition) is 3. The summed E-state index contributed by atoms with van der Waals surface area (Å²) in [7, 11) is 0. The molecule has 0 amide bonds. The predicted molar refractivity (Wildman–Crippen MR) is 41.7 cm³/mol. The Morgan fingerprint density at radius 3 is 2.67 bits per heavy atom. The van der Waals surface area contributed by atoms with Crippen LogP contribution in [-0.4, -0.2) is 23.3 Å². The first-order chi connectivity index (χ1) is 4.18. The molecule has 0 aromatic rings. The van der Waals surface area contributed by atoms with Gasteiger partial charge in [0, 0.05) is 5.75 Å². The molecule has 0 aliphatic heterocycles. The molecule has 0 aromatic carbocycles. The number of ketones is 1. The average molecular weight is 147 g/mol. The standard InChI is InChI=1S/C6H13NOS/c1-3-9-4-6(7)5(2)8/h6H,3-4,7H2,1-2H3/t6-/m1/s1. The monoisotopic (exact) mass is 147 g/mol. The van der Waals surface area contributed by atoms with Gasteiger partial charge in [0.1, 0.15) is 5.78 Å². The Morgan fingerprint density at radius 1 is 1.78 bits per heavy atom. The number of carbonyl (C=O) groups excluding carboxylic acids is 1. The van der Waals surface area contributed by atoms with E-state index in [1.807, 2.05) is 0 Å². The van der Waals surface area contributed by atoms with Crippen LogP contribution in [0.1, 0.15) is 13.8 Å². The maximum Gasteiger partial charge on any atom is 0.147 e. The first kappa shape index (κ1) is 8.98. The van der Waals surface area contributed by atoms with E-state index in [1.165, 1.54) is 6.92 Å². The van der Waals surface area contributed by atoms with E-state index in [-0.39, 0.29) is 11.8 Å². The molecular weight excluding hydrogens is 134 g/mol. The Balaban J connectivity index is 3.27. The molecule has 0 saturated carbocycles. The number of hydrogen-bond donors (Lipinski definition) is 1. The summed E-state index contributed by atoms with van der Waals surface area (Å²) >= 11 is 1.70. The zero-order valence-electron chi connectivity index (χ0n) is 5.89. The van der Waals surface area contributed by atoms with Crippen molar-refractivity contribution in [1.29, 1.82) is 0 Å². The second kappa shape index (κ2) is 4.82. The Labute approximate surface area is 60.2 Å². The lowest BCUT2D eigenvalue weighted by molar-refractivity contribution is -0.117.